The molecule has 0 unspecified atom stereocenters. The number of thiol groups is 2. The molecule has 10 heteroatoms. The van der Waals surface area contributed by atoms with E-state index in [1.54, 1.807) is 26.8 Å². The van der Waals surface area contributed by atoms with Gasteiger partial charge in [0, 0.05) is 28.0 Å². The monoisotopic (exact) mass is 914 g/mol. The highest BCUT2D eigenvalue weighted by molar-refractivity contribution is 7.80. The summed E-state index contributed by atoms with van der Waals surface area (Å²) in [4.78, 5) is 37.4. The van der Waals surface area contributed by atoms with E-state index in [9.17, 15) is 14.4 Å². The van der Waals surface area contributed by atoms with Crippen LogP contribution in [0.2, 0.25) is 0 Å². The number of carbonyl (C=O) groups is 3. The summed E-state index contributed by atoms with van der Waals surface area (Å²) in [7, 11) is 0. The Morgan fingerprint density at radius 3 is 1.81 bits per heavy atom. The zero-order valence-corrected chi connectivity index (χ0v) is 40.7. The Labute approximate surface area is 393 Å². The molecule has 0 saturated heterocycles. The number of ether oxygens (including phenoxy) is 4. The molecule has 0 aliphatic heterocycles. The Hall–Kier alpha value is -4.28. The minimum absolute atomic E-state index is 0.00630. The molecular weight excluding hydrogens is 844 g/mol. The lowest BCUT2D eigenvalue weighted by atomic mass is 9.77. The first-order valence-corrected chi connectivity index (χ1v) is 24.3. The van der Waals surface area contributed by atoms with E-state index in [1.165, 1.54) is 38.5 Å². The quantitative estimate of drug-likeness (QED) is 0.0273. The largest absolute Gasteiger partial charge is 0.492 e. The van der Waals surface area contributed by atoms with Gasteiger partial charge in [-0.25, -0.2) is 18.8 Å². The van der Waals surface area contributed by atoms with Crippen LogP contribution in [0.3, 0.4) is 0 Å². The predicted octanol–water partition coefficient (Wildman–Crippen LogP) is 13.0. The zero-order valence-electron chi connectivity index (χ0n) is 39.0. The minimum Gasteiger partial charge on any atom is -0.492 e. The lowest BCUT2D eigenvalue weighted by molar-refractivity contribution is -0.149. The number of hydrogen-bond donors (Lipinski definition) is 2. The first-order chi connectivity index (χ1) is 30.6. The van der Waals surface area contributed by atoms with Gasteiger partial charge in [0.05, 0.1) is 12.0 Å². The Bertz CT molecular complexity index is 2070. The SMILES string of the molecule is C=C(C)C(=O)OCCCc1cc(-c2ccc(-c3ccc(C4CCC(CCCCC)CC4)cc3F)c(CC)c2)cc(CCCS)c1OCC(CS)(COC(=O)C(=C)C)COC(=O)C(=C)C. The molecular formula is C54H71FO7S2. The summed E-state index contributed by atoms with van der Waals surface area (Å²) in [6.45, 7) is 20.1. The lowest BCUT2D eigenvalue weighted by Crippen LogP contribution is -2.42. The van der Waals surface area contributed by atoms with E-state index in [1.807, 2.05) is 12.1 Å². The first kappa shape index (κ1) is 52.3. The molecule has 0 aromatic heterocycles. The van der Waals surface area contributed by atoms with Crippen molar-refractivity contribution in [2.45, 2.75) is 124 Å². The van der Waals surface area contributed by atoms with Crippen molar-refractivity contribution in [1.82, 2.24) is 0 Å². The average Bonchev–Trinajstić information content (AvgIpc) is 3.29. The fourth-order valence-corrected chi connectivity index (χ4v) is 8.70. The van der Waals surface area contributed by atoms with Crippen molar-refractivity contribution in [1.29, 1.82) is 0 Å². The molecule has 0 atom stereocenters. The van der Waals surface area contributed by atoms with Crippen molar-refractivity contribution in [3.05, 3.63) is 113 Å². The number of rotatable bonds is 26. The third-order valence-corrected chi connectivity index (χ3v) is 13.2. The summed E-state index contributed by atoms with van der Waals surface area (Å²) in [5.41, 5.74) is 7.14. The molecule has 3 aromatic carbocycles. The van der Waals surface area contributed by atoms with E-state index in [-0.39, 0.29) is 49.1 Å². The second-order valence-corrected chi connectivity index (χ2v) is 18.6. The Morgan fingerprint density at radius 2 is 1.27 bits per heavy atom. The molecule has 0 heterocycles. The number of esters is 3. The molecule has 0 radical (unpaired) electrons. The third kappa shape index (κ3) is 15.1. The number of aryl methyl sites for hydroxylation is 3. The molecule has 0 spiro atoms. The van der Waals surface area contributed by atoms with Crippen molar-refractivity contribution in [3.8, 4) is 28.0 Å². The van der Waals surface area contributed by atoms with Gasteiger partial charge in [-0.15, -0.1) is 0 Å². The number of benzene rings is 3. The molecule has 64 heavy (non-hydrogen) atoms. The molecule has 0 amide bonds. The standard InChI is InChI=1S/C54H71FO7S2/c1-9-11-12-15-39-18-20-41(21-19-39)43-23-25-48(49(55)31-43)47-24-22-42(28-40(47)10-2)46-29-44(16-13-26-59-51(56)36(3)4)50(45(30-46)17-14-27-63)60-32-54(35-64,33-61-52(57)37(5)6)34-62-53(58)38(7)8/h22-25,28-31,39,41,63-64H,3,5,7,9-21,26-27,32-35H2,1-2,4,6,8H3. The number of carbonyl (C=O) groups excluding carboxylic acids is 3. The van der Waals surface area contributed by atoms with Crippen LogP contribution in [0.15, 0.2) is 85.0 Å². The lowest BCUT2D eigenvalue weighted by Gasteiger charge is -2.32. The van der Waals surface area contributed by atoms with Gasteiger partial charge in [-0.2, -0.15) is 25.3 Å². The van der Waals surface area contributed by atoms with Crippen LogP contribution in [-0.4, -0.2) is 55.8 Å². The number of hydrogen-bond acceptors (Lipinski definition) is 9. The average molecular weight is 915 g/mol. The van der Waals surface area contributed by atoms with Gasteiger partial charge in [0.1, 0.15) is 31.4 Å². The van der Waals surface area contributed by atoms with Crippen LogP contribution in [-0.2, 0) is 47.9 Å². The molecule has 7 nitrogen and oxygen atoms in total. The highest BCUT2D eigenvalue weighted by Crippen LogP contribution is 2.41. The molecule has 0 N–H and O–H groups in total. The zero-order chi connectivity index (χ0) is 46.8. The van der Waals surface area contributed by atoms with E-state index >= 15 is 4.39 Å². The van der Waals surface area contributed by atoms with E-state index in [4.69, 9.17) is 18.9 Å². The second kappa shape index (κ2) is 26.0. The van der Waals surface area contributed by atoms with Crippen molar-refractivity contribution in [2.75, 3.05) is 37.9 Å². The van der Waals surface area contributed by atoms with E-state index in [0.717, 1.165) is 64.1 Å². The summed E-state index contributed by atoms with van der Waals surface area (Å²) in [5, 5.41) is 0. The fraction of sp³-hybridized carbons (Fsp3) is 0.500. The van der Waals surface area contributed by atoms with Gasteiger partial charge in [0.25, 0.3) is 0 Å². The third-order valence-electron chi connectivity index (χ3n) is 12.2. The minimum atomic E-state index is -1.03. The van der Waals surface area contributed by atoms with Gasteiger partial charge in [-0.1, -0.05) is 89.6 Å². The van der Waals surface area contributed by atoms with E-state index in [2.05, 4.69) is 89.2 Å². The van der Waals surface area contributed by atoms with E-state index < -0.39 is 23.3 Å². The molecule has 348 valence electrons. The Balaban J connectivity index is 1.70. The van der Waals surface area contributed by atoms with Crippen molar-refractivity contribution >= 4 is 43.2 Å². The van der Waals surface area contributed by atoms with Crippen LogP contribution in [0.5, 0.6) is 5.75 Å². The van der Waals surface area contributed by atoms with Crippen molar-refractivity contribution in [3.63, 3.8) is 0 Å². The first-order valence-electron chi connectivity index (χ1n) is 23.1. The molecule has 1 aliphatic carbocycles. The summed E-state index contributed by atoms with van der Waals surface area (Å²) in [5.74, 6) is 0.849. The number of unbranched alkanes of at least 4 members (excludes halogenated alkanes) is 2. The van der Waals surface area contributed by atoms with Crippen LogP contribution in [0, 0.1) is 17.2 Å². The number of halogens is 1. The van der Waals surface area contributed by atoms with Gasteiger partial charge >= 0.3 is 17.9 Å². The molecule has 0 bridgehead atoms. The van der Waals surface area contributed by atoms with Gasteiger partial charge in [-0.3, -0.25) is 0 Å². The summed E-state index contributed by atoms with van der Waals surface area (Å²) >= 11 is 9.18. The Morgan fingerprint density at radius 1 is 0.688 bits per heavy atom. The van der Waals surface area contributed by atoms with Crippen LogP contribution < -0.4 is 4.74 Å². The van der Waals surface area contributed by atoms with Crippen LogP contribution in [0.1, 0.15) is 127 Å². The predicted molar refractivity (Wildman–Crippen MR) is 265 cm³/mol. The molecule has 3 aromatic rings. The summed E-state index contributed by atoms with van der Waals surface area (Å²) in [6, 6.07) is 16.3. The molecule has 1 aliphatic rings. The van der Waals surface area contributed by atoms with Crippen LogP contribution in [0.4, 0.5) is 4.39 Å². The maximum Gasteiger partial charge on any atom is 0.333 e. The molecule has 1 saturated carbocycles. The topological polar surface area (TPSA) is 88.1 Å². The molecule has 1 fully saturated rings. The van der Waals surface area contributed by atoms with Gasteiger partial charge in [0.15, 0.2) is 0 Å². The van der Waals surface area contributed by atoms with Gasteiger partial charge in [0.2, 0.25) is 0 Å². The normalized spacial score (nSPS) is 15.0. The maximum atomic E-state index is 16.1. The van der Waals surface area contributed by atoms with Crippen molar-refractivity contribution in [2.24, 2.45) is 11.3 Å². The maximum absolute atomic E-state index is 16.1. The van der Waals surface area contributed by atoms with E-state index in [0.29, 0.717) is 54.2 Å². The van der Waals surface area contributed by atoms with Gasteiger partial charge < -0.3 is 18.9 Å². The van der Waals surface area contributed by atoms with Crippen molar-refractivity contribution < 1.29 is 37.7 Å². The Kier molecular flexibility index (Phi) is 21.3. The summed E-state index contributed by atoms with van der Waals surface area (Å²) in [6.07, 6.45) is 13.0. The highest BCUT2D eigenvalue weighted by Gasteiger charge is 2.35. The van der Waals surface area contributed by atoms with Crippen LogP contribution in [0.25, 0.3) is 22.3 Å². The van der Waals surface area contributed by atoms with Gasteiger partial charge in [-0.05, 0) is 153 Å². The highest BCUT2D eigenvalue weighted by atomic mass is 32.1. The smallest absolute Gasteiger partial charge is 0.333 e. The fourth-order valence-electron chi connectivity index (χ4n) is 8.27. The second-order valence-electron chi connectivity index (χ2n) is 17.8. The van der Waals surface area contributed by atoms with Crippen LogP contribution >= 0.6 is 25.3 Å². The molecule has 4 rings (SSSR count). The summed E-state index contributed by atoms with van der Waals surface area (Å²) < 4.78 is 39.6.